The van der Waals surface area contributed by atoms with Gasteiger partial charge in [-0.3, -0.25) is 9.48 Å². The van der Waals surface area contributed by atoms with Crippen molar-refractivity contribution in [3.05, 3.63) is 72.1 Å². The summed E-state index contributed by atoms with van der Waals surface area (Å²) in [4.78, 5) is 12.6. The fourth-order valence-electron chi connectivity index (χ4n) is 2.62. The zero-order valence-electron chi connectivity index (χ0n) is 14.8. The number of hydrogen-bond acceptors (Lipinski definition) is 4. The van der Waals surface area contributed by atoms with Crippen LogP contribution in [0.25, 0.3) is 0 Å². The molecule has 6 nitrogen and oxygen atoms in total. The van der Waals surface area contributed by atoms with Crippen molar-refractivity contribution in [3.8, 4) is 11.5 Å². The molecule has 0 atom stereocenters. The molecule has 0 unspecified atom stereocenters. The van der Waals surface area contributed by atoms with Crippen molar-refractivity contribution in [2.24, 2.45) is 0 Å². The average molecular weight is 351 g/mol. The largest absolute Gasteiger partial charge is 0.493 e. The highest BCUT2D eigenvalue weighted by molar-refractivity contribution is 6.04. The minimum Gasteiger partial charge on any atom is -0.493 e. The van der Waals surface area contributed by atoms with Crippen molar-refractivity contribution in [1.29, 1.82) is 0 Å². The van der Waals surface area contributed by atoms with Crippen LogP contribution in [0, 0.1) is 0 Å². The third-order valence-electron chi connectivity index (χ3n) is 3.81. The summed E-state index contributed by atoms with van der Waals surface area (Å²) >= 11 is 0. The zero-order valence-corrected chi connectivity index (χ0v) is 14.8. The lowest BCUT2D eigenvalue weighted by Gasteiger charge is -2.12. The summed E-state index contributed by atoms with van der Waals surface area (Å²) in [7, 11) is 1.57. The molecule has 3 aromatic rings. The van der Waals surface area contributed by atoms with Crippen molar-refractivity contribution < 1.29 is 14.3 Å². The number of amides is 1. The molecule has 0 radical (unpaired) electrons. The third kappa shape index (κ3) is 4.22. The van der Waals surface area contributed by atoms with Gasteiger partial charge in [-0.25, -0.2) is 0 Å². The van der Waals surface area contributed by atoms with E-state index in [1.165, 1.54) is 0 Å². The predicted molar refractivity (Wildman–Crippen MR) is 99.9 cm³/mol. The number of ether oxygens (including phenoxy) is 2. The maximum atomic E-state index is 12.6. The molecule has 0 saturated carbocycles. The quantitative estimate of drug-likeness (QED) is 0.706. The van der Waals surface area contributed by atoms with Crippen LogP contribution in [0.3, 0.4) is 0 Å². The second kappa shape index (κ2) is 8.20. The van der Waals surface area contributed by atoms with Crippen molar-refractivity contribution in [2.45, 2.75) is 13.5 Å². The summed E-state index contributed by atoms with van der Waals surface area (Å²) in [6, 6.07) is 14.7. The molecule has 134 valence electrons. The number of nitrogens with zero attached hydrogens (tertiary/aromatic N) is 2. The molecule has 6 heteroatoms. The predicted octanol–water partition coefficient (Wildman–Crippen LogP) is 3.59. The Hall–Kier alpha value is -3.28. The highest BCUT2D eigenvalue weighted by atomic mass is 16.5. The molecule has 0 saturated heterocycles. The lowest BCUT2D eigenvalue weighted by molar-refractivity contribution is 0.102. The molecule has 3 rings (SSSR count). The maximum absolute atomic E-state index is 12.6. The van der Waals surface area contributed by atoms with Crippen LogP contribution in [0.2, 0.25) is 0 Å². The van der Waals surface area contributed by atoms with Crippen LogP contribution in [0.5, 0.6) is 11.5 Å². The molecule has 0 spiro atoms. The molecule has 0 aliphatic heterocycles. The van der Waals surface area contributed by atoms with Crippen LogP contribution in [0.1, 0.15) is 22.8 Å². The molecule has 1 N–H and O–H groups in total. The van der Waals surface area contributed by atoms with Crippen LogP contribution in [0.15, 0.2) is 60.9 Å². The van der Waals surface area contributed by atoms with Gasteiger partial charge in [0.15, 0.2) is 11.5 Å². The van der Waals surface area contributed by atoms with Gasteiger partial charge in [0.05, 0.1) is 20.3 Å². The summed E-state index contributed by atoms with van der Waals surface area (Å²) < 4.78 is 12.6. The SMILES string of the molecule is CCOc1cc(C(=O)Nc2cccc(Cn3cccn3)c2)ccc1OC. The number of benzene rings is 2. The van der Waals surface area contributed by atoms with Gasteiger partial charge in [-0.1, -0.05) is 12.1 Å². The Balaban J connectivity index is 1.74. The Kier molecular flexibility index (Phi) is 5.53. The summed E-state index contributed by atoms with van der Waals surface area (Å²) in [5, 5.41) is 7.12. The van der Waals surface area contributed by atoms with E-state index in [2.05, 4.69) is 10.4 Å². The molecule has 0 aliphatic rings. The fraction of sp³-hybridized carbons (Fsp3) is 0.200. The maximum Gasteiger partial charge on any atom is 0.255 e. The number of hydrogen-bond donors (Lipinski definition) is 1. The van der Waals surface area contributed by atoms with Crippen LogP contribution in [0.4, 0.5) is 5.69 Å². The minimum absolute atomic E-state index is 0.204. The van der Waals surface area contributed by atoms with Gasteiger partial charge in [-0.15, -0.1) is 0 Å². The molecule has 2 aromatic carbocycles. The van der Waals surface area contributed by atoms with E-state index in [4.69, 9.17) is 9.47 Å². The summed E-state index contributed by atoms with van der Waals surface area (Å²) in [6.07, 6.45) is 3.64. The summed E-state index contributed by atoms with van der Waals surface area (Å²) in [6.45, 7) is 3.03. The van der Waals surface area contributed by atoms with E-state index >= 15 is 0 Å². The topological polar surface area (TPSA) is 65.4 Å². The average Bonchev–Trinajstić information content (AvgIpc) is 3.15. The van der Waals surface area contributed by atoms with E-state index in [1.54, 1.807) is 31.5 Å². The second-order valence-electron chi connectivity index (χ2n) is 5.66. The molecule has 1 heterocycles. The highest BCUT2D eigenvalue weighted by Gasteiger charge is 2.11. The normalized spacial score (nSPS) is 10.4. The smallest absolute Gasteiger partial charge is 0.255 e. The Morgan fingerprint density at radius 2 is 2.04 bits per heavy atom. The van der Waals surface area contributed by atoms with E-state index in [-0.39, 0.29) is 5.91 Å². The highest BCUT2D eigenvalue weighted by Crippen LogP contribution is 2.28. The van der Waals surface area contributed by atoms with E-state index in [0.717, 1.165) is 11.3 Å². The molecule has 1 amide bonds. The number of aromatic nitrogens is 2. The first-order chi connectivity index (χ1) is 12.7. The summed E-state index contributed by atoms with van der Waals surface area (Å²) in [5.41, 5.74) is 2.29. The minimum atomic E-state index is -0.204. The lowest BCUT2D eigenvalue weighted by Crippen LogP contribution is -2.12. The number of rotatable bonds is 7. The standard InChI is InChI=1S/C20H21N3O3/c1-3-26-19-13-16(8-9-18(19)25-2)20(24)22-17-7-4-6-15(12-17)14-23-11-5-10-21-23/h4-13H,3,14H2,1-2H3,(H,22,24). The number of carbonyl (C=O) groups is 1. The number of nitrogens with one attached hydrogen (secondary N) is 1. The zero-order chi connectivity index (χ0) is 18.4. The molecule has 26 heavy (non-hydrogen) atoms. The molecule has 0 aliphatic carbocycles. The molecule has 0 bridgehead atoms. The van der Waals surface area contributed by atoms with Gasteiger partial charge >= 0.3 is 0 Å². The van der Waals surface area contributed by atoms with E-state index in [0.29, 0.717) is 30.2 Å². The van der Waals surface area contributed by atoms with Crippen LogP contribution in [-0.2, 0) is 6.54 Å². The first kappa shape index (κ1) is 17.5. The third-order valence-corrected chi connectivity index (χ3v) is 3.81. The van der Waals surface area contributed by atoms with Crippen LogP contribution < -0.4 is 14.8 Å². The van der Waals surface area contributed by atoms with Gasteiger partial charge in [0.2, 0.25) is 0 Å². The van der Waals surface area contributed by atoms with Crippen molar-refractivity contribution in [3.63, 3.8) is 0 Å². The molecular formula is C20H21N3O3. The van der Waals surface area contributed by atoms with Gasteiger partial charge in [0, 0.05) is 23.6 Å². The van der Waals surface area contributed by atoms with E-state index < -0.39 is 0 Å². The van der Waals surface area contributed by atoms with Gasteiger partial charge in [-0.2, -0.15) is 5.10 Å². The van der Waals surface area contributed by atoms with Gasteiger partial charge in [0.25, 0.3) is 5.91 Å². The number of methoxy groups -OCH3 is 1. The van der Waals surface area contributed by atoms with Crippen molar-refractivity contribution in [2.75, 3.05) is 19.0 Å². The first-order valence-electron chi connectivity index (χ1n) is 8.38. The molecule has 1 aromatic heterocycles. The Labute approximate surface area is 152 Å². The fourth-order valence-corrected chi connectivity index (χ4v) is 2.62. The Morgan fingerprint density at radius 1 is 1.15 bits per heavy atom. The Bertz CT molecular complexity index is 876. The number of anilines is 1. The molecule has 0 fully saturated rings. The summed E-state index contributed by atoms with van der Waals surface area (Å²) in [5.74, 6) is 0.949. The second-order valence-corrected chi connectivity index (χ2v) is 5.66. The van der Waals surface area contributed by atoms with Gasteiger partial charge in [0.1, 0.15) is 0 Å². The lowest BCUT2D eigenvalue weighted by atomic mass is 10.1. The number of carbonyl (C=O) groups excluding carboxylic acids is 1. The van der Waals surface area contributed by atoms with Crippen molar-refractivity contribution in [1.82, 2.24) is 9.78 Å². The van der Waals surface area contributed by atoms with Gasteiger partial charge in [-0.05, 0) is 48.9 Å². The van der Waals surface area contributed by atoms with Gasteiger partial charge < -0.3 is 14.8 Å². The van der Waals surface area contributed by atoms with Crippen molar-refractivity contribution >= 4 is 11.6 Å². The van der Waals surface area contributed by atoms with E-state index in [9.17, 15) is 4.79 Å². The first-order valence-corrected chi connectivity index (χ1v) is 8.38. The van der Waals surface area contributed by atoms with Crippen LogP contribution in [-0.4, -0.2) is 29.4 Å². The Morgan fingerprint density at radius 3 is 2.77 bits per heavy atom. The van der Waals surface area contributed by atoms with E-state index in [1.807, 2.05) is 48.1 Å². The molecular weight excluding hydrogens is 330 g/mol. The van der Waals surface area contributed by atoms with Crippen LogP contribution >= 0.6 is 0 Å². The monoisotopic (exact) mass is 351 g/mol.